The fourth-order valence-electron chi connectivity index (χ4n) is 0.495. The molecule has 0 aromatic heterocycles. The predicted octanol–water partition coefficient (Wildman–Crippen LogP) is 0.807. The third-order valence-corrected chi connectivity index (χ3v) is 1.30. The van der Waals surface area contributed by atoms with E-state index in [0.29, 0.717) is 25.3 Å². The van der Waals surface area contributed by atoms with Gasteiger partial charge in [-0.25, -0.2) is 4.79 Å². The lowest BCUT2D eigenvalue weighted by Gasteiger charge is -1.99. The SMILES string of the molecule is C=C(C)C(=O)OCC1CO1.C=COC=O. The van der Waals surface area contributed by atoms with Gasteiger partial charge in [0.05, 0.1) is 12.9 Å². The summed E-state index contributed by atoms with van der Waals surface area (Å²) in [6.45, 7) is 9.55. The van der Waals surface area contributed by atoms with Gasteiger partial charge in [0.2, 0.25) is 0 Å². The fraction of sp³-hybridized carbons (Fsp3) is 0.400. The van der Waals surface area contributed by atoms with Crippen molar-refractivity contribution in [3.8, 4) is 0 Å². The maximum absolute atomic E-state index is 10.7. The molecule has 0 N–H and O–H groups in total. The van der Waals surface area contributed by atoms with Crippen LogP contribution in [0.25, 0.3) is 0 Å². The standard InChI is InChI=1S/C7H10O3.C3H4O2/c1-5(2)7(8)10-4-6-3-9-6;1-2-5-3-4/h6H,1,3-4H2,2H3;2-3H,1H2. The molecule has 0 aromatic carbocycles. The van der Waals surface area contributed by atoms with E-state index in [4.69, 9.17) is 14.3 Å². The molecule has 15 heavy (non-hydrogen) atoms. The largest absolute Gasteiger partial charge is 0.459 e. The molecule has 0 aromatic rings. The number of esters is 1. The number of carbonyl (C=O) groups excluding carboxylic acids is 2. The van der Waals surface area contributed by atoms with Gasteiger partial charge in [-0.05, 0) is 6.92 Å². The number of ether oxygens (including phenoxy) is 3. The van der Waals surface area contributed by atoms with Gasteiger partial charge in [0.1, 0.15) is 12.7 Å². The molecule has 5 heteroatoms. The topological polar surface area (TPSA) is 65.1 Å². The van der Waals surface area contributed by atoms with Gasteiger partial charge in [0.15, 0.2) is 0 Å². The molecule has 1 aliphatic rings. The second-order valence-electron chi connectivity index (χ2n) is 2.73. The summed E-state index contributed by atoms with van der Waals surface area (Å²) >= 11 is 0. The molecule has 1 rings (SSSR count). The summed E-state index contributed by atoms with van der Waals surface area (Å²) in [4.78, 5) is 19.8. The van der Waals surface area contributed by atoms with Crippen LogP contribution in [0.2, 0.25) is 0 Å². The minimum Gasteiger partial charge on any atom is -0.459 e. The first-order valence-corrected chi connectivity index (χ1v) is 4.26. The van der Waals surface area contributed by atoms with Crippen LogP contribution >= 0.6 is 0 Å². The van der Waals surface area contributed by atoms with Crippen LogP contribution in [0.5, 0.6) is 0 Å². The van der Waals surface area contributed by atoms with E-state index in [1.165, 1.54) is 0 Å². The maximum Gasteiger partial charge on any atom is 0.333 e. The zero-order valence-corrected chi connectivity index (χ0v) is 8.60. The first-order valence-electron chi connectivity index (χ1n) is 4.26. The Balaban J connectivity index is 0.000000336. The molecule has 0 saturated carbocycles. The smallest absolute Gasteiger partial charge is 0.333 e. The summed E-state index contributed by atoms with van der Waals surface area (Å²) in [5, 5.41) is 0. The first kappa shape index (κ1) is 13.4. The third-order valence-electron chi connectivity index (χ3n) is 1.30. The van der Waals surface area contributed by atoms with Gasteiger partial charge in [0.25, 0.3) is 6.47 Å². The van der Waals surface area contributed by atoms with Crippen molar-refractivity contribution >= 4 is 12.4 Å². The molecule has 1 aliphatic heterocycles. The zero-order chi connectivity index (χ0) is 11.7. The van der Waals surface area contributed by atoms with Crippen molar-refractivity contribution in [3.63, 3.8) is 0 Å². The second-order valence-corrected chi connectivity index (χ2v) is 2.73. The van der Waals surface area contributed by atoms with Crippen molar-refractivity contribution in [1.29, 1.82) is 0 Å². The van der Waals surface area contributed by atoms with E-state index in [-0.39, 0.29) is 12.1 Å². The van der Waals surface area contributed by atoms with Gasteiger partial charge in [-0.15, -0.1) is 0 Å². The molecule has 1 unspecified atom stereocenters. The molecule has 1 atom stereocenters. The highest BCUT2D eigenvalue weighted by atomic mass is 16.6. The number of hydrogen-bond acceptors (Lipinski definition) is 5. The van der Waals surface area contributed by atoms with Crippen molar-refractivity contribution in [2.75, 3.05) is 13.2 Å². The van der Waals surface area contributed by atoms with E-state index in [1.807, 2.05) is 0 Å². The molecular formula is C10H14O5. The van der Waals surface area contributed by atoms with E-state index in [9.17, 15) is 4.79 Å². The highest BCUT2D eigenvalue weighted by Gasteiger charge is 2.24. The Bertz CT molecular complexity index is 236. The summed E-state index contributed by atoms with van der Waals surface area (Å²) in [6, 6.07) is 0. The lowest BCUT2D eigenvalue weighted by atomic mass is 10.4. The lowest BCUT2D eigenvalue weighted by Crippen LogP contribution is -2.09. The summed E-state index contributed by atoms with van der Waals surface area (Å²) in [5.41, 5.74) is 0.431. The number of epoxide rings is 1. The van der Waals surface area contributed by atoms with E-state index in [0.717, 1.165) is 6.26 Å². The van der Waals surface area contributed by atoms with Gasteiger partial charge in [0, 0.05) is 5.57 Å². The van der Waals surface area contributed by atoms with Crippen LogP contribution in [0.4, 0.5) is 0 Å². The Labute approximate surface area is 88.3 Å². The van der Waals surface area contributed by atoms with Crippen LogP contribution in [-0.4, -0.2) is 31.8 Å². The van der Waals surface area contributed by atoms with Crippen LogP contribution in [0.15, 0.2) is 25.0 Å². The van der Waals surface area contributed by atoms with Gasteiger partial charge in [-0.1, -0.05) is 13.2 Å². The summed E-state index contributed by atoms with van der Waals surface area (Å²) in [7, 11) is 0. The highest BCUT2D eigenvalue weighted by Crippen LogP contribution is 2.09. The number of carbonyl (C=O) groups is 2. The molecular weight excluding hydrogens is 200 g/mol. The normalized spacial score (nSPS) is 16.5. The Morgan fingerprint density at radius 2 is 2.27 bits per heavy atom. The molecule has 5 nitrogen and oxygen atoms in total. The average molecular weight is 214 g/mol. The summed E-state index contributed by atoms with van der Waals surface area (Å²) < 4.78 is 13.5. The monoisotopic (exact) mass is 214 g/mol. The average Bonchev–Trinajstić information content (AvgIpc) is 2.99. The van der Waals surface area contributed by atoms with E-state index < -0.39 is 0 Å². The van der Waals surface area contributed by atoms with E-state index in [1.54, 1.807) is 6.92 Å². The molecule has 1 saturated heterocycles. The van der Waals surface area contributed by atoms with Gasteiger partial charge < -0.3 is 14.2 Å². The molecule has 0 aliphatic carbocycles. The number of hydrogen-bond donors (Lipinski definition) is 0. The van der Waals surface area contributed by atoms with Gasteiger partial charge >= 0.3 is 5.97 Å². The fourth-order valence-corrected chi connectivity index (χ4v) is 0.495. The molecule has 84 valence electrons. The second kappa shape index (κ2) is 7.75. The Morgan fingerprint density at radius 1 is 1.67 bits per heavy atom. The molecule has 0 bridgehead atoms. The Kier molecular flexibility index (Phi) is 6.92. The van der Waals surface area contributed by atoms with Crippen molar-refractivity contribution in [2.24, 2.45) is 0 Å². The van der Waals surface area contributed by atoms with Crippen molar-refractivity contribution in [3.05, 3.63) is 25.0 Å². The lowest BCUT2D eigenvalue weighted by molar-refractivity contribution is -0.139. The van der Waals surface area contributed by atoms with E-state index in [2.05, 4.69) is 17.9 Å². The van der Waals surface area contributed by atoms with Gasteiger partial charge in [-0.2, -0.15) is 0 Å². The quantitative estimate of drug-likeness (QED) is 0.223. The first-order chi connectivity index (χ1) is 7.11. The summed E-state index contributed by atoms with van der Waals surface area (Å²) in [5.74, 6) is -0.337. The number of rotatable bonds is 5. The predicted molar refractivity (Wildman–Crippen MR) is 52.9 cm³/mol. The van der Waals surface area contributed by atoms with Crippen molar-refractivity contribution in [1.82, 2.24) is 0 Å². The minimum atomic E-state index is -0.337. The van der Waals surface area contributed by atoms with Gasteiger partial charge in [-0.3, -0.25) is 4.79 Å². The molecule has 1 fully saturated rings. The Morgan fingerprint density at radius 3 is 2.53 bits per heavy atom. The molecule has 0 amide bonds. The molecule has 0 spiro atoms. The highest BCUT2D eigenvalue weighted by molar-refractivity contribution is 5.86. The molecule has 1 heterocycles. The van der Waals surface area contributed by atoms with Crippen LogP contribution in [0, 0.1) is 0 Å². The maximum atomic E-state index is 10.7. The minimum absolute atomic E-state index is 0.142. The van der Waals surface area contributed by atoms with Crippen LogP contribution < -0.4 is 0 Å². The Hall–Kier alpha value is -1.62. The van der Waals surface area contributed by atoms with E-state index >= 15 is 0 Å². The van der Waals surface area contributed by atoms with Crippen molar-refractivity contribution in [2.45, 2.75) is 13.0 Å². The van der Waals surface area contributed by atoms with Crippen molar-refractivity contribution < 1.29 is 23.8 Å². The zero-order valence-electron chi connectivity index (χ0n) is 8.60. The van der Waals surface area contributed by atoms with Crippen LogP contribution in [-0.2, 0) is 23.8 Å². The van der Waals surface area contributed by atoms with Crippen LogP contribution in [0.3, 0.4) is 0 Å². The summed E-state index contributed by atoms with van der Waals surface area (Å²) in [6.07, 6.45) is 1.20. The van der Waals surface area contributed by atoms with Crippen LogP contribution in [0.1, 0.15) is 6.92 Å². The third kappa shape index (κ3) is 8.70. The molecule has 0 radical (unpaired) electrons.